The van der Waals surface area contributed by atoms with Gasteiger partial charge in [0.05, 0.1) is 10.9 Å². The van der Waals surface area contributed by atoms with Crippen molar-refractivity contribution < 1.29 is 4.79 Å². The highest BCUT2D eigenvalue weighted by atomic mass is 35.5. The number of amides is 1. The van der Waals surface area contributed by atoms with Crippen LogP contribution in [0, 0.1) is 5.92 Å². The Morgan fingerprint density at radius 1 is 1.44 bits per heavy atom. The predicted octanol–water partition coefficient (Wildman–Crippen LogP) is 0.406. The lowest BCUT2D eigenvalue weighted by atomic mass is 10.1. The smallest absolute Gasteiger partial charge is 0.252 e. The summed E-state index contributed by atoms with van der Waals surface area (Å²) in [5, 5.41) is 3.41. The number of hydrogen-bond acceptors (Lipinski definition) is 4. The number of carbonyl (C=O) groups is 1. The molecule has 96 valence electrons. The molecule has 1 aromatic carbocycles. The van der Waals surface area contributed by atoms with Crippen molar-refractivity contribution in [3.63, 3.8) is 0 Å². The second kappa shape index (κ2) is 5.62. The number of hydrogen-bond donors (Lipinski definition) is 4. The topological polar surface area (TPSA) is 79.2 Å². The lowest BCUT2D eigenvalue weighted by Gasteiger charge is -2.18. The van der Waals surface area contributed by atoms with Gasteiger partial charge in [0.1, 0.15) is 6.17 Å². The number of nitrogens with one attached hydrogen (secondary N) is 3. The minimum Gasteiger partial charge on any atom is -0.393 e. The molecular weight excluding hydrogens is 272 g/mol. The molecule has 18 heavy (non-hydrogen) atoms. The number of hydrazine groups is 1. The van der Waals surface area contributed by atoms with Crippen molar-refractivity contribution in [1.82, 2.24) is 16.2 Å². The number of halogens is 1. The number of nitrogens with two attached hydrogens (primary N) is 1. The fraction of sp³-hybridized carbons (Fsp3) is 0.273. The Labute approximate surface area is 115 Å². The second-order valence-corrected chi connectivity index (χ2v) is 4.90. The summed E-state index contributed by atoms with van der Waals surface area (Å²) in [6, 6.07) is 6.66. The van der Waals surface area contributed by atoms with E-state index in [4.69, 9.17) is 29.6 Å². The molecule has 2 atom stereocenters. The summed E-state index contributed by atoms with van der Waals surface area (Å²) in [6.45, 7) is 0.598. The molecular formula is C11H13ClN4OS. The van der Waals surface area contributed by atoms with Gasteiger partial charge in [-0.25, -0.2) is 5.43 Å². The van der Waals surface area contributed by atoms with Crippen LogP contribution in [0.1, 0.15) is 10.4 Å². The highest BCUT2D eigenvalue weighted by Crippen LogP contribution is 2.11. The van der Waals surface area contributed by atoms with Crippen LogP contribution in [0.25, 0.3) is 0 Å². The van der Waals surface area contributed by atoms with Gasteiger partial charge in [-0.3, -0.25) is 10.2 Å². The fourth-order valence-electron chi connectivity index (χ4n) is 1.72. The number of carbonyl (C=O) groups excluding carboxylic acids is 1. The molecule has 1 amide bonds. The Bertz CT molecular complexity index is 465. The van der Waals surface area contributed by atoms with Crippen molar-refractivity contribution in [3.05, 3.63) is 34.9 Å². The van der Waals surface area contributed by atoms with Gasteiger partial charge in [-0.2, -0.15) is 0 Å². The first-order chi connectivity index (χ1) is 8.58. The summed E-state index contributed by atoms with van der Waals surface area (Å²) in [5.74, 6) is -0.301. The zero-order valence-corrected chi connectivity index (χ0v) is 11.0. The number of benzene rings is 1. The van der Waals surface area contributed by atoms with E-state index in [-0.39, 0.29) is 18.0 Å². The van der Waals surface area contributed by atoms with E-state index < -0.39 is 0 Å². The van der Waals surface area contributed by atoms with Gasteiger partial charge in [-0.05, 0) is 24.3 Å². The van der Waals surface area contributed by atoms with Gasteiger partial charge in [-0.1, -0.05) is 23.8 Å². The van der Waals surface area contributed by atoms with Crippen molar-refractivity contribution in [2.45, 2.75) is 6.17 Å². The summed E-state index contributed by atoms with van der Waals surface area (Å²) in [5.41, 5.74) is 12.0. The maximum absolute atomic E-state index is 12.0. The standard InChI is InChI=1S/C11H13ClN4OS/c12-7-3-1-6(2-4-7)11(17)15-10-8(9(13)18)5-14-16-10/h1-4,8,10,14,16H,5H2,(H2,13,18)(H,15,17). The largest absolute Gasteiger partial charge is 0.393 e. The Kier molecular flexibility index (Phi) is 4.13. The molecule has 0 aliphatic carbocycles. The predicted molar refractivity (Wildman–Crippen MR) is 74.1 cm³/mol. The molecule has 0 aromatic heterocycles. The molecule has 7 heteroatoms. The molecule has 2 unspecified atom stereocenters. The van der Waals surface area contributed by atoms with Gasteiger partial charge in [0.15, 0.2) is 0 Å². The van der Waals surface area contributed by atoms with Crippen LogP contribution in [0.5, 0.6) is 0 Å². The Morgan fingerprint density at radius 2 is 2.11 bits per heavy atom. The average Bonchev–Trinajstić information content (AvgIpc) is 2.78. The molecule has 0 saturated carbocycles. The van der Waals surface area contributed by atoms with Gasteiger partial charge in [-0.15, -0.1) is 0 Å². The highest BCUT2D eigenvalue weighted by Gasteiger charge is 2.30. The van der Waals surface area contributed by atoms with E-state index in [0.717, 1.165) is 0 Å². The molecule has 1 aliphatic heterocycles. The lowest BCUT2D eigenvalue weighted by Crippen LogP contribution is -2.49. The normalized spacial score (nSPS) is 22.7. The zero-order valence-electron chi connectivity index (χ0n) is 9.44. The van der Waals surface area contributed by atoms with Crippen LogP contribution < -0.4 is 21.9 Å². The van der Waals surface area contributed by atoms with Crippen LogP contribution in [0.2, 0.25) is 5.02 Å². The average molecular weight is 285 g/mol. The number of thiocarbonyl (C=S) groups is 1. The first kappa shape index (κ1) is 13.2. The monoisotopic (exact) mass is 284 g/mol. The highest BCUT2D eigenvalue weighted by molar-refractivity contribution is 7.80. The molecule has 1 saturated heterocycles. The molecule has 0 spiro atoms. The van der Waals surface area contributed by atoms with E-state index in [9.17, 15) is 4.79 Å². The molecule has 1 heterocycles. The summed E-state index contributed by atoms with van der Waals surface area (Å²) in [4.78, 5) is 12.3. The SMILES string of the molecule is NC(=S)C1CNNC1NC(=O)c1ccc(Cl)cc1. The quantitative estimate of drug-likeness (QED) is 0.605. The third kappa shape index (κ3) is 2.97. The Morgan fingerprint density at radius 3 is 2.72 bits per heavy atom. The lowest BCUT2D eigenvalue weighted by molar-refractivity contribution is 0.0928. The number of rotatable bonds is 3. The van der Waals surface area contributed by atoms with E-state index in [1.165, 1.54) is 0 Å². The molecule has 5 N–H and O–H groups in total. The van der Waals surface area contributed by atoms with Crippen LogP contribution in [-0.4, -0.2) is 23.6 Å². The van der Waals surface area contributed by atoms with Crippen molar-refractivity contribution in [2.24, 2.45) is 11.7 Å². The minimum absolute atomic E-state index is 0.101. The van der Waals surface area contributed by atoms with Gasteiger partial charge >= 0.3 is 0 Å². The third-order valence-electron chi connectivity index (χ3n) is 2.74. The van der Waals surface area contributed by atoms with Crippen LogP contribution >= 0.6 is 23.8 Å². The summed E-state index contributed by atoms with van der Waals surface area (Å²) < 4.78 is 0. The summed E-state index contributed by atoms with van der Waals surface area (Å²) in [6.07, 6.45) is -0.300. The summed E-state index contributed by atoms with van der Waals surface area (Å²) >= 11 is 10.7. The molecule has 2 rings (SSSR count). The van der Waals surface area contributed by atoms with Crippen LogP contribution in [0.4, 0.5) is 0 Å². The molecule has 0 bridgehead atoms. The summed E-state index contributed by atoms with van der Waals surface area (Å²) in [7, 11) is 0. The van der Waals surface area contributed by atoms with Crippen LogP contribution in [0.3, 0.4) is 0 Å². The van der Waals surface area contributed by atoms with E-state index in [0.29, 0.717) is 22.1 Å². The molecule has 1 aliphatic rings. The third-order valence-corrected chi connectivity index (χ3v) is 3.30. The van der Waals surface area contributed by atoms with Crippen molar-refractivity contribution in [1.29, 1.82) is 0 Å². The van der Waals surface area contributed by atoms with E-state index in [1.807, 2.05) is 0 Å². The minimum atomic E-state index is -0.300. The van der Waals surface area contributed by atoms with E-state index in [1.54, 1.807) is 24.3 Å². The Hall–Kier alpha value is -1.21. The van der Waals surface area contributed by atoms with E-state index >= 15 is 0 Å². The molecule has 1 fully saturated rings. The Balaban J connectivity index is 2.03. The van der Waals surface area contributed by atoms with E-state index in [2.05, 4.69) is 16.2 Å². The molecule has 1 aromatic rings. The van der Waals surface area contributed by atoms with Crippen LogP contribution in [-0.2, 0) is 0 Å². The maximum atomic E-state index is 12.0. The molecule has 0 radical (unpaired) electrons. The second-order valence-electron chi connectivity index (χ2n) is 3.99. The van der Waals surface area contributed by atoms with Crippen LogP contribution in [0.15, 0.2) is 24.3 Å². The fourth-order valence-corrected chi connectivity index (χ4v) is 2.07. The first-order valence-corrected chi connectivity index (χ1v) is 6.20. The van der Waals surface area contributed by atoms with Gasteiger partial charge in [0, 0.05) is 17.1 Å². The van der Waals surface area contributed by atoms with Crippen molar-refractivity contribution >= 4 is 34.7 Å². The first-order valence-electron chi connectivity index (χ1n) is 5.42. The van der Waals surface area contributed by atoms with Crippen molar-refractivity contribution in [3.8, 4) is 0 Å². The zero-order chi connectivity index (χ0) is 13.1. The van der Waals surface area contributed by atoms with Gasteiger partial charge in [0.25, 0.3) is 5.91 Å². The van der Waals surface area contributed by atoms with Crippen molar-refractivity contribution in [2.75, 3.05) is 6.54 Å². The van der Waals surface area contributed by atoms with Gasteiger partial charge in [0.2, 0.25) is 0 Å². The molecule has 5 nitrogen and oxygen atoms in total. The van der Waals surface area contributed by atoms with Gasteiger partial charge < -0.3 is 11.1 Å². The maximum Gasteiger partial charge on any atom is 0.252 e.